The number of hydrogen-bond donors (Lipinski definition) is 1. The molecule has 0 bridgehead atoms. The summed E-state index contributed by atoms with van der Waals surface area (Å²) in [5.41, 5.74) is 0. The van der Waals surface area contributed by atoms with E-state index in [4.69, 9.17) is 0 Å². The number of nitrogens with one attached hydrogen (secondary N) is 1. The Labute approximate surface area is 121 Å². The molecule has 0 radical (unpaired) electrons. The quantitative estimate of drug-likeness (QED) is 0.861. The van der Waals surface area contributed by atoms with Crippen molar-refractivity contribution in [2.24, 2.45) is 5.92 Å². The fourth-order valence-electron chi connectivity index (χ4n) is 3.47. The molecule has 2 fully saturated rings. The molecular formula is C15H28N2OS. The number of amides is 1. The third kappa shape index (κ3) is 3.10. The summed E-state index contributed by atoms with van der Waals surface area (Å²) in [6.45, 7) is 6.53. The summed E-state index contributed by atoms with van der Waals surface area (Å²) in [6, 6.07) is 0.497. The van der Waals surface area contributed by atoms with E-state index < -0.39 is 0 Å². The van der Waals surface area contributed by atoms with Crippen LogP contribution in [0.2, 0.25) is 0 Å². The first-order chi connectivity index (χ1) is 9.08. The molecular weight excluding hydrogens is 256 g/mol. The molecule has 1 aliphatic heterocycles. The molecule has 0 aromatic carbocycles. The normalized spacial score (nSPS) is 36.3. The Morgan fingerprint density at radius 1 is 1.42 bits per heavy atom. The van der Waals surface area contributed by atoms with Gasteiger partial charge < -0.3 is 4.90 Å². The van der Waals surface area contributed by atoms with Gasteiger partial charge in [-0.05, 0) is 37.9 Å². The molecule has 4 unspecified atom stereocenters. The van der Waals surface area contributed by atoms with Gasteiger partial charge in [-0.15, -0.1) is 0 Å². The van der Waals surface area contributed by atoms with E-state index in [9.17, 15) is 4.79 Å². The van der Waals surface area contributed by atoms with Crippen LogP contribution >= 0.6 is 11.8 Å². The standard InChI is InChI=1S/C15H28N2OS/c1-5-13-15(18)17(14(16-13)10(2)3)11-7-6-8-12(9-11)19-4/h10-14,16H,5-9H2,1-4H3. The molecule has 1 saturated heterocycles. The van der Waals surface area contributed by atoms with Crippen molar-refractivity contribution in [1.29, 1.82) is 0 Å². The third-order valence-corrected chi connectivity index (χ3v) is 5.68. The number of carbonyl (C=O) groups is 1. The minimum absolute atomic E-state index is 0.0436. The lowest BCUT2D eigenvalue weighted by molar-refractivity contribution is -0.133. The summed E-state index contributed by atoms with van der Waals surface area (Å²) in [4.78, 5) is 14.8. The summed E-state index contributed by atoms with van der Waals surface area (Å²) < 4.78 is 0. The van der Waals surface area contributed by atoms with Gasteiger partial charge in [0, 0.05) is 11.3 Å². The molecule has 1 amide bonds. The maximum Gasteiger partial charge on any atom is 0.241 e. The molecule has 0 spiro atoms. The Morgan fingerprint density at radius 3 is 2.74 bits per heavy atom. The fraction of sp³-hybridized carbons (Fsp3) is 0.933. The molecule has 3 nitrogen and oxygen atoms in total. The predicted molar refractivity (Wildman–Crippen MR) is 82.2 cm³/mol. The second-order valence-electron chi connectivity index (χ2n) is 6.24. The molecule has 1 N–H and O–H groups in total. The summed E-state index contributed by atoms with van der Waals surface area (Å²) in [7, 11) is 0. The molecule has 110 valence electrons. The average Bonchev–Trinajstić information content (AvgIpc) is 2.76. The molecule has 19 heavy (non-hydrogen) atoms. The lowest BCUT2D eigenvalue weighted by Gasteiger charge is -2.39. The van der Waals surface area contributed by atoms with E-state index in [1.54, 1.807) is 0 Å². The van der Waals surface area contributed by atoms with E-state index in [-0.39, 0.29) is 12.2 Å². The van der Waals surface area contributed by atoms with Gasteiger partial charge in [-0.25, -0.2) is 0 Å². The van der Waals surface area contributed by atoms with Gasteiger partial charge in [-0.3, -0.25) is 10.1 Å². The van der Waals surface area contributed by atoms with Crippen molar-refractivity contribution in [2.45, 2.75) is 76.4 Å². The molecule has 4 heteroatoms. The Bertz CT molecular complexity index is 321. The number of rotatable bonds is 4. The summed E-state index contributed by atoms with van der Waals surface area (Å²) in [6.07, 6.45) is 8.28. The van der Waals surface area contributed by atoms with Crippen LogP contribution in [0.4, 0.5) is 0 Å². The minimum atomic E-state index is 0.0436. The predicted octanol–water partition coefficient (Wildman–Crippen LogP) is 2.85. The highest BCUT2D eigenvalue weighted by Crippen LogP contribution is 2.33. The van der Waals surface area contributed by atoms with Crippen molar-refractivity contribution in [3.8, 4) is 0 Å². The van der Waals surface area contributed by atoms with Gasteiger partial charge in [0.1, 0.15) is 0 Å². The van der Waals surface area contributed by atoms with E-state index in [1.165, 1.54) is 25.7 Å². The monoisotopic (exact) mass is 284 g/mol. The topological polar surface area (TPSA) is 32.3 Å². The van der Waals surface area contributed by atoms with E-state index in [1.807, 2.05) is 11.8 Å². The summed E-state index contributed by atoms with van der Waals surface area (Å²) >= 11 is 1.97. The van der Waals surface area contributed by atoms with E-state index in [0.717, 1.165) is 11.7 Å². The summed E-state index contributed by atoms with van der Waals surface area (Å²) in [5, 5.41) is 4.28. The van der Waals surface area contributed by atoms with Crippen molar-refractivity contribution in [1.82, 2.24) is 10.2 Å². The van der Waals surface area contributed by atoms with Crippen molar-refractivity contribution in [3.05, 3.63) is 0 Å². The van der Waals surface area contributed by atoms with E-state index in [2.05, 4.69) is 37.2 Å². The minimum Gasteiger partial charge on any atom is -0.323 e. The second kappa shape index (κ2) is 6.49. The maximum absolute atomic E-state index is 12.6. The third-order valence-electron chi connectivity index (χ3n) is 4.59. The molecule has 2 rings (SSSR count). The molecule has 2 aliphatic rings. The van der Waals surface area contributed by atoms with Crippen molar-refractivity contribution in [2.75, 3.05) is 6.26 Å². The highest BCUT2D eigenvalue weighted by Gasteiger charge is 2.43. The van der Waals surface area contributed by atoms with Crippen LogP contribution in [0, 0.1) is 5.92 Å². The van der Waals surface area contributed by atoms with Gasteiger partial charge >= 0.3 is 0 Å². The molecule has 0 aromatic rings. The lowest BCUT2D eigenvalue weighted by Crippen LogP contribution is -2.49. The Morgan fingerprint density at radius 2 is 2.16 bits per heavy atom. The fourth-order valence-corrected chi connectivity index (χ4v) is 4.29. The SMILES string of the molecule is CCC1NC(C(C)C)N(C2CCCC(SC)C2)C1=O. The zero-order valence-electron chi connectivity index (χ0n) is 12.7. The molecule has 0 aromatic heterocycles. The first kappa shape index (κ1) is 15.2. The van der Waals surface area contributed by atoms with Crippen molar-refractivity contribution >= 4 is 17.7 Å². The van der Waals surface area contributed by atoms with Crippen LogP contribution in [0.1, 0.15) is 52.9 Å². The number of nitrogens with zero attached hydrogens (tertiary/aromatic N) is 1. The number of thioether (sulfide) groups is 1. The van der Waals surface area contributed by atoms with E-state index >= 15 is 0 Å². The first-order valence-corrected chi connectivity index (χ1v) is 8.98. The Balaban J connectivity index is 2.12. The Hall–Kier alpha value is -0.220. The van der Waals surface area contributed by atoms with Crippen molar-refractivity contribution in [3.63, 3.8) is 0 Å². The van der Waals surface area contributed by atoms with Gasteiger partial charge in [0.2, 0.25) is 5.91 Å². The average molecular weight is 284 g/mol. The van der Waals surface area contributed by atoms with Gasteiger partial charge in [0.25, 0.3) is 0 Å². The highest BCUT2D eigenvalue weighted by molar-refractivity contribution is 7.99. The van der Waals surface area contributed by atoms with Gasteiger partial charge in [-0.2, -0.15) is 11.8 Å². The van der Waals surface area contributed by atoms with Crippen LogP contribution in [0.5, 0.6) is 0 Å². The maximum atomic E-state index is 12.6. The highest BCUT2D eigenvalue weighted by atomic mass is 32.2. The number of carbonyl (C=O) groups excluding carboxylic acids is 1. The molecule has 1 saturated carbocycles. The Kier molecular flexibility index (Phi) is 5.18. The second-order valence-corrected chi connectivity index (χ2v) is 7.38. The lowest BCUT2D eigenvalue weighted by atomic mass is 9.92. The van der Waals surface area contributed by atoms with Gasteiger partial charge in [0.15, 0.2) is 0 Å². The largest absolute Gasteiger partial charge is 0.323 e. The van der Waals surface area contributed by atoms with Crippen LogP contribution in [0.3, 0.4) is 0 Å². The zero-order valence-corrected chi connectivity index (χ0v) is 13.5. The van der Waals surface area contributed by atoms with Crippen LogP contribution in [0.25, 0.3) is 0 Å². The zero-order chi connectivity index (χ0) is 14.0. The van der Waals surface area contributed by atoms with Crippen LogP contribution in [-0.4, -0.2) is 40.6 Å². The molecule has 1 heterocycles. The molecule has 4 atom stereocenters. The first-order valence-electron chi connectivity index (χ1n) is 7.69. The number of hydrogen-bond acceptors (Lipinski definition) is 3. The molecule has 1 aliphatic carbocycles. The summed E-state index contributed by atoms with van der Waals surface area (Å²) in [5.74, 6) is 0.822. The van der Waals surface area contributed by atoms with Crippen LogP contribution < -0.4 is 5.32 Å². The van der Waals surface area contributed by atoms with Gasteiger partial charge in [-0.1, -0.05) is 27.2 Å². The smallest absolute Gasteiger partial charge is 0.241 e. The van der Waals surface area contributed by atoms with Crippen LogP contribution in [-0.2, 0) is 4.79 Å². The van der Waals surface area contributed by atoms with Crippen LogP contribution in [0.15, 0.2) is 0 Å². The van der Waals surface area contributed by atoms with Crippen molar-refractivity contribution < 1.29 is 4.79 Å². The van der Waals surface area contributed by atoms with Gasteiger partial charge in [0.05, 0.1) is 12.2 Å². The van der Waals surface area contributed by atoms with E-state index in [0.29, 0.717) is 17.9 Å².